The van der Waals surface area contributed by atoms with Crippen molar-refractivity contribution >= 4 is 34.1 Å². The summed E-state index contributed by atoms with van der Waals surface area (Å²) in [6.07, 6.45) is 0.395. The van der Waals surface area contributed by atoms with Crippen LogP contribution in [0.2, 0.25) is 5.02 Å². The summed E-state index contributed by atoms with van der Waals surface area (Å²) in [6, 6.07) is 24.7. The number of carbonyl (C=O) groups is 1. The van der Waals surface area contributed by atoms with E-state index in [1.54, 1.807) is 21.2 Å². The smallest absolute Gasteiger partial charge is 0.261 e. The molecule has 174 valence electrons. The minimum Gasteiger partial charge on any atom is -0.338 e. The average Bonchev–Trinajstić information content (AvgIpc) is 3.46. The highest BCUT2D eigenvalue weighted by Crippen LogP contribution is 2.28. The molecule has 0 N–H and O–H groups in total. The van der Waals surface area contributed by atoms with Gasteiger partial charge in [0.05, 0.1) is 10.9 Å². The topological polar surface area (TPSA) is 72.5 Å². The van der Waals surface area contributed by atoms with Gasteiger partial charge in [-0.2, -0.15) is 4.52 Å². The Bertz CT molecular complexity index is 1630. The Kier molecular flexibility index (Phi) is 5.34. The molecule has 1 fully saturated rings. The summed E-state index contributed by atoms with van der Waals surface area (Å²) in [6.45, 7) is 1.55. The van der Waals surface area contributed by atoms with Crippen LogP contribution in [-0.2, 0) is 17.9 Å². The lowest BCUT2D eigenvalue weighted by molar-refractivity contribution is -0.128. The minimum atomic E-state index is -0.118. The van der Waals surface area contributed by atoms with Crippen LogP contribution in [0.1, 0.15) is 12.0 Å². The van der Waals surface area contributed by atoms with E-state index in [0.29, 0.717) is 53.3 Å². The summed E-state index contributed by atoms with van der Waals surface area (Å²) >= 11 is 6.25. The number of halogens is 1. The average molecular weight is 484 g/mol. The van der Waals surface area contributed by atoms with Gasteiger partial charge in [-0.1, -0.05) is 71.4 Å². The molecular formula is C27H22ClN5O2. The molecule has 2 aromatic heterocycles. The van der Waals surface area contributed by atoms with E-state index in [4.69, 9.17) is 11.6 Å². The lowest BCUT2D eigenvalue weighted by Crippen LogP contribution is -2.28. The van der Waals surface area contributed by atoms with Crippen LogP contribution in [0.3, 0.4) is 0 Å². The predicted octanol–water partition coefficient (Wildman–Crippen LogP) is 4.41. The van der Waals surface area contributed by atoms with Gasteiger partial charge in [-0.3, -0.25) is 14.2 Å². The van der Waals surface area contributed by atoms with Crippen LogP contribution in [0.5, 0.6) is 0 Å². The highest BCUT2D eigenvalue weighted by molar-refractivity contribution is 6.30. The Morgan fingerprint density at radius 1 is 0.943 bits per heavy atom. The van der Waals surface area contributed by atoms with E-state index in [0.717, 1.165) is 11.1 Å². The molecule has 5 aromatic rings. The van der Waals surface area contributed by atoms with Crippen LogP contribution < -0.4 is 5.56 Å². The molecule has 7 nitrogen and oxygen atoms in total. The van der Waals surface area contributed by atoms with E-state index in [1.807, 2.05) is 71.6 Å². The summed E-state index contributed by atoms with van der Waals surface area (Å²) in [5.74, 6) is 0.0985. The molecule has 1 aliphatic heterocycles. The van der Waals surface area contributed by atoms with Crippen molar-refractivity contribution in [3.63, 3.8) is 0 Å². The van der Waals surface area contributed by atoms with E-state index in [2.05, 4.69) is 10.3 Å². The summed E-state index contributed by atoms with van der Waals surface area (Å²) in [7, 11) is 0. The highest BCUT2D eigenvalue weighted by Gasteiger charge is 2.31. The fourth-order valence-electron chi connectivity index (χ4n) is 4.95. The number of fused-ring (bicyclic) bond motifs is 3. The van der Waals surface area contributed by atoms with E-state index in [-0.39, 0.29) is 17.4 Å². The summed E-state index contributed by atoms with van der Waals surface area (Å²) in [4.78, 5) is 28.4. The molecule has 0 spiro atoms. The molecule has 6 rings (SSSR count). The van der Waals surface area contributed by atoms with Crippen LogP contribution in [0.25, 0.3) is 27.8 Å². The summed E-state index contributed by atoms with van der Waals surface area (Å²) in [5, 5.41) is 9.98. The fraction of sp³-hybridized carbons (Fsp3) is 0.185. The van der Waals surface area contributed by atoms with E-state index in [9.17, 15) is 9.59 Å². The summed E-state index contributed by atoms with van der Waals surface area (Å²) < 4.78 is 3.44. The zero-order valence-corrected chi connectivity index (χ0v) is 19.6. The largest absolute Gasteiger partial charge is 0.338 e. The van der Waals surface area contributed by atoms with Crippen LogP contribution in [-0.4, -0.2) is 36.7 Å². The van der Waals surface area contributed by atoms with Crippen molar-refractivity contribution in [1.29, 1.82) is 0 Å². The Morgan fingerprint density at radius 3 is 2.57 bits per heavy atom. The molecule has 1 saturated heterocycles. The number of amides is 1. The second kappa shape index (κ2) is 8.67. The van der Waals surface area contributed by atoms with Gasteiger partial charge in [-0.05, 0) is 29.8 Å². The van der Waals surface area contributed by atoms with Gasteiger partial charge in [0.15, 0.2) is 5.65 Å². The quantitative estimate of drug-likeness (QED) is 0.371. The monoisotopic (exact) mass is 483 g/mol. The predicted molar refractivity (Wildman–Crippen MR) is 135 cm³/mol. The van der Waals surface area contributed by atoms with Gasteiger partial charge in [0.2, 0.25) is 5.91 Å². The normalized spacial score (nSPS) is 16.0. The molecule has 0 radical (unpaired) electrons. The van der Waals surface area contributed by atoms with Crippen molar-refractivity contribution in [3.8, 4) is 11.3 Å². The first-order chi connectivity index (χ1) is 17.1. The van der Waals surface area contributed by atoms with Crippen molar-refractivity contribution in [2.24, 2.45) is 5.92 Å². The molecule has 0 saturated carbocycles. The zero-order valence-electron chi connectivity index (χ0n) is 18.8. The second-order valence-corrected chi connectivity index (χ2v) is 9.38. The molecule has 3 heterocycles. The molecule has 3 aromatic carbocycles. The first-order valence-corrected chi connectivity index (χ1v) is 11.9. The maximum atomic E-state index is 13.7. The third kappa shape index (κ3) is 3.88. The third-order valence-corrected chi connectivity index (χ3v) is 6.79. The van der Waals surface area contributed by atoms with E-state index >= 15 is 0 Å². The number of nitrogens with zero attached hydrogens (tertiary/aromatic N) is 5. The maximum absolute atomic E-state index is 13.7. The first kappa shape index (κ1) is 21.6. The number of carbonyl (C=O) groups excluding carboxylic acids is 1. The van der Waals surface area contributed by atoms with E-state index < -0.39 is 0 Å². The second-order valence-electron chi connectivity index (χ2n) is 8.95. The van der Waals surface area contributed by atoms with Crippen molar-refractivity contribution in [3.05, 3.63) is 99.8 Å². The maximum Gasteiger partial charge on any atom is 0.261 e. The molecular weight excluding hydrogens is 462 g/mol. The van der Waals surface area contributed by atoms with E-state index in [1.165, 1.54) is 0 Å². The Hall–Kier alpha value is -3.97. The standard InChI is InChI=1S/C27H22ClN5O2/c28-21-10-6-9-20(14-21)25-26-32(27(35)22-11-4-5-12-23(22)33(26)30-29-25)17-19-13-24(34)31(16-19)15-18-7-2-1-3-8-18/h1-12,14,19H,13,15-17H2. The number of hydrogen-bond donors (Lipinski definition) is 0. The molecule has 1 aliphatic rings. The number of likely N-dealkylation sites (tertiary alicyclic amines) is 1. The van der Waals surface area contributed by atoms with Crippen LogP contribution >= 0.6 is 11.6 Å². The van der Waals surface area contributed by atoms with Gasteiger partial charge in [0.25, 0.3) is 5.56 Å². The molecule has 1 amide bonds. The molecule has 0 aliphatic carbocycles. The van der Waals surface area contributed by atoms with Crippen molar-refractivity contribution in [2.75, 3.05) is 6.54 Å². The number of para-hydroxylation sites is 1. The number of rotatable bonds is 5. The Labute approximate surface area is 206 Å². The minimum absolute atomic E-state index is 0.00372. The lowest BCUT2D eigenvalue weighted by atomic mass is 10.1. The van der Waals surface area contributed by atoms with Gasteiger partial charge >= 0.3 is 0 Å². The van der Waals surface area contributed by atoms with Gasteiger partial charge in [-0.25, -0.2) is 0 Å². The third-order valence-electron chi connectivity index (χ3n) is 6.56. The zero-order chi connectivity index (χ0) is 23.9. The van der Waals surface area contributed by atoms with Gasteiger partial charge in [0, 0.05) is 42.6 Å². The lowest BCUT2D eigenvalue weighted by Gasteiger charge is -2.18. The van der Waals surface area contributed by atoms with Crippen molar-refractivity contribution < 1.29 is 4.79 Å². The Morgan fingerprint density at radius 2 is 1.74 bits per heavy atom. The van der Waals surface area contributed by atoms with Crippen molar-refractivity contribution in [2.45, 2.75) is 19.5 Å². The molecule has 35 heavy (non-hydrogen) atoms. The SMILES string of the molecule is O=C1CC(Cn2c(=O)c3ccccc3n3nnc(-c4cccc(Cl)c4)c23)CN1Cc1ccccc1. The first-order valence-electron chi connectivity index (χ1n) is 11.5. The molecule has 8 heteroatoms. The van der Waals surface area contributed by atoms with Gasteiger partial charge in [0.1, 0.15) is 5.69 Å². The van der Waals surface area contributed by atoms with Gasteiger partial charge in [-0.15, -0.1) is 5.10 Å². The molecule has 0 bridgehead atoms. The number of hydrogen-bond acceptors (Lipinski definition) is 4. The fourth-order valence-corrected chi connectivity index (χ4v) is 5.14. The van der Waals surface area contributed by atoms with Crippen LogP contribution in [0, 0.1) is 5.92 Å². The summed E-state index contributed by atoms with van der Waals surface area (Å²) in [5.41, 5.74) is 3.63. The van der Waals surface area contributed by atoms with Crippen LogP contribution in [0.4, 0.5) is 0 Å². The van der Waals surface area contributed by atoms with Crippen LogP contribution in [0.15, 0.2) is 83.7 Å². The van der Waals surface area contributed by atoms with Gasteiger partial charge < -0.3 is 4.90 Å². The molecule has 1 unspecified atom stereocenters. The van der Waals surface area contributed by atoms with Crippen molar-refractivity contribution in [1.82, 2.24) is 24.3 Å². The Balaban J connectivity index is 1.43. The highest BCUT2D eigenvalue weighted by atomic mass is 35.5. The molecule has 1 atom stereocenters. The number of aromatic nitrogens is 4. The number of benzene rings is 3.